The number of nitrogens with zero attached hydrogens (tertiary/aromatic N) is 3. The normalized spacial score (nSPS) is 26.4. The van der Waals surface area contributed by atoms with E-state index in [-0.39, 0.29) is 0 Å². The minimum atomic E-state index is 0.411. The van der Waals surface area contributed by atoms with Crippen LogP contribution in [0.25, 0.3) is 0 Å². The molecule has 2 aliphatic rings. The van der Waals surface area contributed by atoms with Crippen molar-refractivity contribution in [3.05, 3.63) is 11.6 Å². The lowest BCUT2D eigenvalue weighted by Gasteiger charge is -2.17. The molecule has 5 nitrogen and oxygen atoms in total. The van der Waals surface area contributed by atoms with Crippen molar-refractivity contribution in [2.75, 3.05) is 13.2 Å². The van der Waals surface area contributed by atoms with Gasteiger partial charge in [0.05, 0.1) is 12.6 Å². The lowest BCUT2D eigenvalue weighted by atomic mass is 10.2. The zero-order valence-electron chi connectivity index (χ0n) is 8.07. The molecule has 0 amide bonds. The lowest BCUT2D eigenvalue weighted by Crippen LogP contribution is -2.23. The first kappa shape index (κ1) is 8.38. The van der Waals surface area contributed by atoms with Gasteiger partial charge in [0.25, 0.3) is 0 Å². The molecule has 5 heteroatoms. The number of fused-ring (bicyclic) bond motifs is 1. The van der Waals surface area contributed by atoms with Gasteiger partial charge in [0.2, 0.25) is 0 Å². The van der Waals surface area contributed by atoms with E-state index in [9.17, 15) is 0 Å². The average molecular weight is 194 g/mol. The highest BCUT2D eigenvalue weighted by Crippen LogP contribution is 2.23. The third-order valence-electron chi connectivity index (χ3n) is 2.92. The van der Waals surface area contributed by atoms with Crippen LogP contribution in [0.15, 0.2) is 0 Å². The van der Waals surface area contributed by atoms with Crippen LogP contribution < -0.4 is 5.32 Å². The Morgan fingerprint density at radius 3 is 3.29 bits per heavy atom. The molecule has 14 heavy (non-hydrogen) atoms. The van der Waals surface area contributed by atoms with Crippen LogP contribution in [-0.4, -0.2) is 27.9 Å². The largest absolute Gasteiger partial charge is 0.372 e. The maximum Gasteiger partial charge on any atom is 0.159 e. The van der Waals surface area contributed by atoms with Crippen LogP contribution in [0.2, 0.25) is 0 Å². The molecule has 1 saturated heterocycles. The van der Waals surface area contributed by atoms with Gasteiger partial charge in [-0.3, -0.25) is 0 Å². The van der Waals surface area contributed by atoms with Crippen molar-refractivity contribution in [3.8, 4) is 0 Å². The van der Waals surface area contributed by atoms with Crippen LogP contribution in [0.3, 0.4) is 0 Å². The van der Waals surface area contributed by atoms with Crippen molar-refractivity contribution >= 4 is 0 Å². The summed E-state index contributed by atoms with van der Waals surface area (Å²) >= 11 is 0. The van der Waals surface area contributed by atoms with Gasteiger partial charge in [-0.05, 0) is 19.4 Å². The van der Waals surface area contributed by atoms with Crippen LogP contribution in [0.5, 0.6) is 0 Å². The van der Waals surface area contributed by atoms with Crippen LogP contribution >= 0.6 is 0 Å². The lowest BCUT2D eigenvalue weighted by molar-refractivity contribution is 0.0801. The Kier molecular flexibility index (Phi) is 1.99. The molecule has 76 valence electrons. The summed E-state index contributed by atoms with van der Waals surface area (Å²) in [7, 11) is 0. The standard InChI is InChI=1S/C9H14N4O/c1-2-7(10-3-1)9-12-11-8-6-14-5-4-13(8)9/h7,10H,1-6H2/t7-/m0/s1. The van der Waals surface area contributed by atoms with E-state index in [0.717, 1.165) is 31.3 Å². The molecule has 3 heterocycles. The zero-order chi connectivity index (χ0) is 9.38. The molecule has 1 aromatic heterocycles. The minimum absolute atomic E-state index is 0.411. The number of nitrogens with one attached hydrogen (secondary N) is 1. The maximum absolute atomic E-state index is 5.33. The Labute approximate surface area is 82.5 Å². The fourth-order valence-electron chi connectivity index (χ4n) is 2.18. The summed E-state index contributed by atoms with van der Waals surface area (Å²) in [4.78, 5) is 0. The highest BCUT2D eigenvalue weighted by atomic mass is 16.5. The van der Waals surface area contributed by atoms with E-state index in [1.54, 1.807) is 0 Å². The molecule has 1 atom stereocenters. The third kappa shape index (κ3) is 1.24. The number of ether oxygens (including phenoxy) is 1. The molecule has 0 saturated carbocycles. The molecular formula is C9H14N4O. The van der Waals surface area contributed by atoms with E-state index in [0.29, 0.717) is 12.6 Å². The molecular weight excluding hydrogens is 180 g/mol. The Bertz CT molecular complexity index is 330. The second kappa shape index (κ2) is 3.33. The summed E-state index contributed by atoms with van der Waals surface area (Å²) in [6.07, 6.45) is 2.42. The van der Waals surface area contributed by atoms with Gasteiger partial charge in [-0.2, -0.15) is 0 Å². The molecule has 0 bridgehead atoms. The predicted octanol–water partition coefficient (Wildman–Crippen LogP) is 0.233. The third-order valence-corrected chi connectivity index (χ3v) is 2.92. The van der Waals surface area contributed by atoms with E-state index in [1.165, 1.54) is 12.8 Å². The zero-order valence-corrected chi connectivity index (χ0v) is 8.07. The summed E-state index contributed by atoms with van der Waals surface area (Å²) in [6.45, 7) is 3.39. The van der Waals surface area contributed by atoms with Gasteiger partial charge in [0.15, 0.2) is 5.82 Å². The molecule has 3 rings (SSSR count). The van der Waals surface area contributed by atoms with Crippen molar-refractivity contribution in [1.29, 1.82) is 0 Å². The van der Waals surface area contributed by atoms with E-state index in [1.807, 2.05) is 0 Å². The fraction of sp³-hybridized carbons (Fsp3) is 0.778. The molecule has 0 radical (unpaired) electrons. The van der Waals surface area contributed by atoms with Crippen molar-refractivity contribution in [3.63, 3.8) is 0 Å². The molecule has 0 unspecified atom stereocenters. The molecule has 1 N–H and O–H groups in total. The average Bonchev–Trinajstić information content (AvgIpc) is 2.85. The monoisotopic (exact) mass is 194 g/mol. The first-order chi connectivity index (χ1) is 6.95. The Balaban J connectivity index is 1.93. The Hall–Kier alpha value is -0.940. The van der Waals surface area contributed by atoms with Crippen LogP contribution in [0.4, 0.5) is 0 Å². The first-order valence-corrected chi connectivity index (χ1v) is 5.18. The van der Waals surface area contributed by atoms with Crippen molar-refractivity contribution < 1.29 is 4.74 Å². The van der Waals surface area contributed by atoms with Gasteiger partial charge in [-0.1, -0.05) is 0 Å². The molecule has 1 aromatic rings. The summed E-state index contributed by atoms with van der Waals surface area (Å²) in [5.74, 6) is 2.07. The van der Waals surface area contributed by atoms with Gasteiger partial charge >= 0.3 is 0 Å². The van der Waals surface area contributed by atoms with E-state index in [2.05, 4.69) is 20.1 Å². The Morgan fingerprint density at radius 2 is 2.43 bits per heavy atom. The van der Waals surface area contributed by atoms with E-state index in [4.69, 9.17) is 4.74 Å². The minimum Gasteiger partial charge on any atom is -0.372 e. The van der Waals surface area contributed by atoms with Gasteiger partial charge < -0.3 is 14.6 Å². The highest BCUT2D eigenvalue weighted by molar-refractivity contribution is 5.03. The van der Waals surface area contributed by atoms with Gasteiger partial charge in [-0.15, -0.1) is 10.2 Å². The summed E-state index contributed by atoms with van der Waals surface area (Å²) in [5, 5.41) is 11.8. The summed E-state index contributed by atoms with van der Waals surface area (Å²) in [5.41, 5.74) is 0. The molecule has 1 fully saturated rings. The number of hydrogen-bond acceptors (Lipinski definition) is 4. The van der Waals surface area contributed by atoms with Gasteiger partial charge in [0.1, 0.15) is 12.4 Å². The second-order valence-electron chi connectivity index (χ2n) is 3.83. The number of aromatic nitrogens is 3. The molecule has 0 aliphatic carbocycles. The number of hydrogen-bond donors (Lipinski definition) is 1. The molecule has 2 aliphatic heterocycles. The van der Waals surface area contributed by atoms with Crippen LogP contribution in [0, 0.1) is 0 Å². The van der Waals surface area contributed by atoms with Gasteiger partial charge in [0, 0.05) is 6.54 Å². The van der Waals surface area contributed by atoms with E-state index >= 15 is 0 Å². The topological polar surface area (TPSA) is 52.0 Å². The smallest absolute Gasteiger partial charge is 0.159 e. The van der Waals surface area contributed by atoms with Crippen LogP contribution in [-0.2, 0) is 17.9 Å². The van der Waals surface area contributed by atoms with Crippen molar-refractivity contribution in [2.45, 2.75) is 32.0 Å². The maximum atomic E-state index is 5.33. The molecule has 0 aromatic carbocycles. The van der Waals surface area contributed by atoms with Crippen molar-refractivity contribution in [1.82, 2.24) is 20.1 Å². The quantitative estimate of drug-likeness (QED) is 0.695. The highest BCUT2D eigenvalue weighted by Gasteiger charge is 2.25. The van der Waals surface area contributed by atoms with Crippen LogP contribution in [0.1, 0.15) is 30.5 Å². The summed E-state index contributed by atoms with van der Waals surface area (Å²) < 4.78 is 7.53. The van der Waals surface area contributed by atoms with E-state index < -0.39 is 0 Å². The first-order valence-electron chi connectivity index (χ1n) is 5.18. The van der Waals surface area contributed by atoms with Crippen molar-refractivity contribution in [2.24, 2.45) is 0 Å². The second-order valence-corrected chi connectivity index (χ2v) is 3.83. The van der Waals surface area contributed by atoms with Gasteiger partial charge in [-0.25, -0.2) is 0 Å². The fourth-order valence-corrected chi connectivity index (χ4v) is 2.18. The Morgan fingerprint density at radius 1 is 1.43 bits per heavy atom. The predicted molar refractivity (Wildman–Crippen MR) is 49.7 cm³/mol. The SMILES string of the molecule is C1CN[C@H](c2nnc3n2CCOC3)C1. The number of rotatable bonds is 1. The molecule has 0 spiro atoms. The summed E-state index contributed by atoms with van der Waals surface area (Å²) in [6, 6.07) is 0.411.